The molecule has 0 saturated carbocycles. The van der Waals surface area contributed by atoms with Crippen LogP contribution in [0.1, 0.15) is 12.6 Å². The van der Waals surface area contributed by atoms with Crippen molar-refractivity contribution in [3.8, 4) is 0 Å². The summed E-state index contributed by atoms with van der Waals surface area (Å²) in [5, 5.41) is 0. The van der Waals surface area contributed by atoms with Gasteiger partial charge in [-0.1, -0.05) is 0 Å². The number of nitrogen functional groups attached to an aromatic ring is 1. The van der Waals surface area contributed by atoms with Crippen LogP contribution in [0.5, 0.6) is 0 Å². The molecule has 1 rings (SSSR count). The normalized spacial score (nSPS) is 13.0. The molecular formula is C12H21N3S. The van der Waals surface area contributed by atoms with E-state index in [1.54, 1.807) is 6.20 Å². The molecule has 0 aliphatic heterocycles. The van der Waals surface area contributed by atoms with Crippen molar-refractivity contribution in [1.29, 1.82) is 0 Å². The molecule has 1 atom stereocenters. The van der Waals surface area contributed by atoms with Crippen molar-refractivity contribution in [1.82, 2.24) is 9.88 Å². The molecular weight excluding hydrogens is 218 g/mol. The van der Waals surface area contributed by atoms with Gasteiger partial charge in [0, 0.05) is 30.5 Å². The fraction of sp³-hybridized carbons (Fsp3) is 0.583. The van der Waals surface area contributed by atoms with Crippen LogP contribution in [0, 0.1) is 0 Å². The monoisotopic (exact) mass is 239 g/mol. The van der Waals surface area contributed by atoms with Crippen LogP contribution < -0.4 is 5.73 Å². The summed E-state index contributed by atoms with van der Waals surface area (Å²) in [6.45, 7) is 3.30. The minimum Gasteiger partial charge on any atom is -0.397 e. The maximum Gasteiger partial charge on any atom is 0.0501 e. The Balaban J connectivity index is 2.36. The van der Waals surface area contributed by atoms with Gasteiger partial charge < -0.3 is 10.6 Å². The number of nitrogens with zero attached hydrogens (tertiary/aromatic N) is 2. The van der Waals surface area contributed by atoms with E-state index >= 15 is 0 Å². The van der Waals surface area contributed by atoms with Crippen LogP contribution in [-0.2, 0) is 6.42 Å². The molecule has 90 valence electrons. The molecule has 0 radical (unpaired) electrons. The molecule has 0 amide bonds. The first-order valence-electron chi connectivity index (χ1n) is 5.53. The van der Waals surface area contributed by atoms with Gasteiger partial charge in [-0.25, -0.2) is 0 Å². The largest absolute Gasteiger partial charge is 0.397 e. The molecule has 1 aromatic rings. The smallest absolute Gasteiger partial charge is 0.0501 e. The highest BCUT2D eigenvalue weighted by Crippen LogP contribution is 2.06. The zero-order valence-electron chi connectivity index (χ0n) is 10.3. The van der Waals surface area contributed by atoms with E-state index in [4.69, 9.17) is 5.73 Å². The van der Waals surface area contributed by atoms with E-state index in [0.717, 1.165) is 24.3 Å². The maximum absolute atomic E-state index is 5.59. The lowest BCUT2D eigenvalue weighted by molar-refractivity contribution is 0.280. The second-order valence-corrected chi connectivity index (χ2v) is 5.03. The number of anilines is 1. The lowest BCUT2D eigenvalue weighted by atomic mass is 10.2. The summed E-state index contributed by atoms with van der Waals surface area (Å²) in [6, 6.07) is 4.53. The molecule has 1 aromatic heterocycles. The van der Waals surface area contributed by atoms with Crippen molar-refractivity contribution in [2.45, 2.75) is 19.4 Å². The molecule has 16 heavy (non-hydrogen) atoms. The van der Waals surface area contributed by atoms with Gasteiger partial charge in [-0.05, 0) is 32.4 Å². The van der Waals surface area contributed by atoms with Gasteiger partial charge in [0.2, 0.25) is 0 Å². The minimum atomic E-state index is 0.615. The summed E-state index contributed by atoms with van der Waals surface area (Å²) in [5.41, 5.74) is 7.43. The zero-order chi connectivity index (χ0) is 12.0. The zero-order valence-corrected chi connectivity index (χ0v) is 11.1. The van der Waals surface area contributed by atoms with Crippen molar-refractivity contribution in [3.05, 3.63) is 24.0 Å². The second-order valence-electron chi connectivity index (χ2n) is 4.12. The summed E-state index contributed by atoms with van der Waals surface area (Å²) in [5.74, 6) is 1.17. The lowest BCUT2D eigenvalue weighted by Gasteiger charge is -2.23. The molecule has 0 aliphatic carbocycles. The molecule has 1 unspecified atom stereocenters. The van der Waals surface area contributed by atoms with E-state index in [2.05, 4.69) is 30.1 Å². The number of aromatic nitrogens is 1. The third-order valence-corrected chi connectivity index (χ3v) is 3.54. The van der Waals surface area contributed by atoms with E-state index in [1.807, 2.05) is 23.9 Å². The Morgan fingerprint density at radius 1 is 1.50 bits per heavy atom. The number of hydrogen-bond acceptors (Lipinski definition) is 4. The van der Waals surface area contributed by atoms with Gasteiger partial charge in [-0.3, -0.25) is 4.98 Å². The van der Waals surface area contributed by atoms with Gasteiger partial charge >= 0.3 is 0 Å². The highest BCUT2D eigenvalue weighted by atomic mass is 32.2. The average Bonchev–Trinajstić information content (AvgIpc) is 2.28. The van der Waals surface area contributed by atoms with Gasteiger partial charge in [-0.2, -0.15) is 11.8 Å². The van der Waals surface area contributed by atoms with Crippen molar-refractivity contribution in [2.24, 2.45) is 0 Å². The van der Waals surface area contributed by atoms with Gasteiger partial charge in [0.1, 0.15) is 0 Å². The van der Waals surface area contributed by atoms with Gasteiger partial charge in [0.05, 0.1) is 11.9 Å². The van der Waals surface area contributed by atoms with Crippen molar-refractivity contribution in [2.75, 3.05) is 31.3 Å². The standard InChI is InChI=1S/C12H21N3S/c1-10(9-16-3)15(2)7-6-12-5-4-11(13)8-14-12/h4-5,8,10H,6-7,9,13H2,1-3H3. The van der Waals surface area contributed by atoms with Gasteiger partial charge in [0.25, 0.3) is 0 Å². The van der Waals surface area contributed by atoms with Crippen LogP contribution in [0.2, 0.25) is 0 Å². The van der Waals surface area contributed by atoms with Gasteiger partial charge in [-0.15, -0.1) is 0 Å². The van der Waals surface area contributed by atoms with E-state index in [1.165, 1.54) is 5.75 Å². The summed E-state index contributed by atoms with van der Waals surface area (Å²) in [4.78, 5) is 6.67. The number of thioether (sulfide) groups is 1. The van der Waals surface area contributed by atoms with Crippen LogP contribution in [0.25, 0.3) is 0 Å². The molecule has 0 spiro atoms. The molecule has 4 heteroatoms. The second kappa shape index (κ2) is 6.76. The van der Waals surface area contributed by atoms with E-state index in [9.17, 15) is 0 Å². The molecule has 0 fully saturated rings. The summed E-state index contributed by atoms with van der Waals surface area (Å²) < 4.78 is 0. The number of hydrogen-bond donors (Lipinski definition) is 1. The molecule has 0 aromatic carbocycles. The predicted octanol–water partition coefficient (Wildman–Crippen LogP) is 1.89. The predicted molar refractivity (Wildman–Crippen MR) is 72.8 cm³/mol. The Bertz CT molecular complexity index is 300. The Kier molecular flexibility index (Phi) is 5.63. The van der Waals surface area contributed by atoms with Crippen molar-refractivity contribution >= 4 is 17.4 Å². The molecule has 3 nitrogen and oxygen atoms in total. The van der Waals surface area contributed by atoms with Crippen LogP contribution >= 0.6 is 11.8 Å². The molecule has 0 saturated heterocycles. The first-order valence-corrected chi connectivity index (χ1v) is 6.92. The van der Waals surface area contributed by atoms with Crippen molar-refractivity contribution < 1.29 is 0 Å². The van der Waals surface area contributed by atoms with E-state index in [-0.39, 0.29) is 0 Å². The van der Waals surface area contributed by atoms with Crippen molar-refractivity contribution in [3.63, 3.8) is 0 Å². The average molecular weight is 239 g/mol. The fourth-order valence-electron chi connectivity index (χ4n) is 1.46. The summed E-state index contributed by atoms with van der Waals surface area (Å²) in [7, 11) is 2.16. The SMILES string of the molecule is CSCC(C)N(C)CCc1ccc(N)cn1. The highest BCUT2D eigenvalue weighted by Gasteiger charge is 2.08. The summed E-state index contributed by atoms with van der Waals surface area (Å²) >= 11 is 1.89. The summed E-state index contributed by atoms with van der Waals surface area (Å²) in [6.07, 6.45) is 4.85. The third kappa shape index (κ3) is 4.41. The number of pyridine rings is 1. The first-order chi connectivity index (χ1) is 7.63. The van der Waals surface area contributed by atoms with Crippen LogP contribution in [0.15, 0.2) is 18.3 Å². The molecule has 0 aliphatic rings. The van der Waals surface area contributed by atoms with Crippen LogP contribution in [0.3, 0.4) is 0 Å². The van der Waals surface area contributed by atoms with E-state index < -0.39 is 0 Å². The quantitative estimate of drug-likeness (QED) is 0.823. The maximum atomic E-state index is 5.59. The Hall–Kier alpha value is -0.740. The fourth-order valence-corrected chi connectivity index (χ4v) is 2.20. The van der Waals surface area contributed by atoms with Gasteiger partial charge in [0.15, 0.2) is 0 Å². The molecule has 1 heterocycles. The Morgan fingerprint density at radius 2 is 2.25 bits per heavy atom. The minimum absolute atomic E-state index is 0.615. The number of likely N-dealkylation sites (N-methyl/N-ethyl adjacent to an activating group) is 1. The lowest BCUT2D eigenvalue weighted by Crippen LogP contribution is -2.32. The Morgan fingerprint density at radius 3 is 2.81 bits per heavy atom. The topological polar surface area (TPSA) is 42.1 Å². The van der Waals surface area contributed by atoms with E-state index in [0.29, 0.717) is 6.04 Å². The first kappa shape index (κ1) is 13.3. The van der Waals surface area contributed by atoms with Crippen LogP contribution in [-0.4, -0.2) is 41.5 Å². The van der Waals surface area contributed by atoms with Crippen LogP contribution in [0.4, 0.5) is 5.69 Å². The molecule has 2 N–H and O–H groups in total. The number of nitrogens with two attached hydrogens (primary N) is 1. The Labute approximate surface area is 102 Å². The number of rotatable bonds is 6. The molecule has 0 bridgehead atoms. The highest BCUT2D eigenvalue weighted by molar-refractivity contribution is 7.98. The third-order valence-electron chi connectivity index (χ3n) is 2.73.